The fraction of sp³-hybridized carbons (Fsp3) is 0.538. The van der Waals surface area contributed by atoms with E-state index in [0.717, 1.165) is 18.4 Å². The average molecular weight is 237 g/mol. The van der Waals surface area contributed by atoms with Gasteiger partial charge in [0, 0.05) is 17.6 Å². The number of hydrogen-bond donors (Lipinski definition) is 3. The first-order chi connectivity index (χ1) is 8.21. The molecule has 0 aromatic heterocycles. The maximum Gasteiger partial charge on any atom is 0.162 e. The van der Waals surface area contributed by atoms with Crippen LogP contribution in [0.1, 0.15) is 25.3 Å². The van der Waals surface area contributed by atoms with Crippen molar-refractivity contribution in [3.05, 3.63) is 23.8 Å². The molecule has 1 aliphatic rings. The summed E-state index contributed by atoms with van der Waals surface area (Å²) in [5, 5.41) is 22.5. The Labute approximate surface area is 101 Å². The highest BCUT2D eigenvalue weighted by Crippen LogP contribution is 2.36. The van der Waals surface area contributed by atoms with Gasteiger partial charge in [0.2, 0.25) is 0 Å². The molecule has 0 saturated heterocycles. The normalized spacial score (nSPS) is 16.8. The number of nitrogens with one attached hydrogen (secondary N) is 1. The quantitative estimate of drug-likeness (QED) is 0.700. The number of hydrogen-bond acceptors (Lipinski definition) is 4. The van der Waals surface area contributed by atoms with Crippen molar-refractivity contribution in [1.29, 1.82) is 0 Å². The third-order valence-electron chi connectivity index (χ3n) is 3.19. The molecule has 0 radical (unpaired) electrons. The molecule has 1 fully saturated rings. The molecule has 17 heavy (non-hydrogen) atoms. The zero-order valence-electron chi connectivity index (χ0n) is 10.1. The first-order valence-corrected chi connectivity index (χ1v) is 6.00. The molecule has 0 heterocycles. The van der Waals surface area contributed by atoms with E-state index in [0.29, 0.717) is 18.9 Å². The highest BCUT2D eigenvalue weighted by Gasteiger charge is 2.41. The number of aliphatic hydroxyl groups is 1. The predicted molar refractivity (Wildman–Crippen MR) is 65.2 cm³/mol. The standard InChI is InChI=1S/C13H19NO3/c1-2-17-11-5-3-4-10(12(11)16)8-14-13(9-15)6-7-13/h3-5,14-16H,2,6-9H2,1H3. The fourth-order valence-corrected chi connectivity index (χ4v) is 1.81. The second-order valence-electron chi connectivity index (χ2n) is 4.49. The van der Waals surface area contributed by atoms with Gasteiger partial charge in [0.15, 0.2) is 11.5 Å². The van der Waals surface area contributed by atoms with Crippen LogP contribution in [0.25, 0.3) is 0 Å². The maximum atomic E-state index is 9.98. The van der Waals surface area contributed by atoms with Gasteiger partial charge >= 0.3 is 0 Å². The van der Waals surface area contributed by atoms with Gasteiger partial charge in [0.25, 0.3) is 0 Å². The minimum atomic E-state index is -0.117. The van der Waals surface area contributed by atoms with Crippen molar-refractivity contribution in [2.45, 2.75) is 31.8 Å². The largest absolute Gasteiger partial charge is 0.504 e. The minimum Gasteiger partial charge on any atom is -0.504 e. The molecular formula is C13H19NO3. The van der Waals surface area contributed by atoms with Crippen LogP contribution in [0.15, 0.2) is 18.2 Å². The second-order valence-corrected chi connectivity index (χ2v) is 4.49. The summed E-state index contributed by atoms with van der Waals surface area (Å²) < 4.78 is 5.32. The van der Waals surface area contributed by atoms with Gasteiger partial charge in [-0.25, -0.2) is 0 Å². The van der Waals surface area contributed by atoms with Gasteiger partial charge in [0.05, 0.1) is 13.2 Å². The van der Waals surface area contributed by atoms with Gasteiger partial charge in [0.1, 0.15) is 0 Å². The molecule has 0 spiro atoms. The second kappa shape index (κ2) is 4.94. The van der Waals surface area contributed by atoms with Crippen LogP contribution in [-0.2, 0) is 6.54 Å². The van der Waals surface area contributed by atoms with Crippen molar-refractivity contribution < 1.29 is 14.9 Å². The molecule has 4 nitrogen and oxygen atoms in total. The molecule has 94 valence electrons. The van der Waals surface area contributed by atoms with E-state index in [4.69, 9.17) is 4.74 Å². The molecule has 4 heteroatoms. The van der Waals surface area contributed by atoms with Crippen molar-refractivity contribution in [3.8, 4) is 11.5 Å². The van der Waals surface area contributed by atoms with Crippen LogP contribution in [0, 0.1) is 0 Å². The predicted octanol–water partition coefficient (Wildman–Crippen LogP) is 1.41. The van der Waals surface area contributed by atoms with E-state index in [1.807, 2.05) is 19.1 Å². The van der Waals surface area contributed by atoms with Crippen LogP contribution in [0.5, 0.6) is 11.5 Å². The number of aromatic hydroxyl groups is 1. The van der Waals surface area contributed by atoms with E-state index in [1.165, 1.54) is 0 Å². The monoisotopic (exact) mass is 237 g/mol. The lowest BCUT2D eigenvalue weighted by molar-refractivity contribution is 0.229. The lowest BCUT2D eigenvalue weighted by Crippen LogP contribution is -2.34. The lowest BCUT2D eigenvalue weighted by Gasteiger charge is -2.16. The Balaban J connectivity index is 2.03. The van der Waals surface area contributed by atoms with E-state index in [1.54, 1.807) is 6.07 Å². The molecule has 1 aromatic rings. The fourth-order valence-electron chi connectivity index (χ4n) is 1.81. The van der Waals surface area contributed by atoms with E-state index < -0.39 is 0 Å². The Morgan fingerprint density at radius 1 is 1.41 bits per heavy atom. The van der Waals surface area contributed by atoms with Crippen molar-refractivity contribution in [1.82, 2.24) is 5.32 Å². The number of phenolic OH excluding ortho intramolecular Hbond substituents is 1. The SMILES string of the molecule is CCOc1cccc(CNC2(CO)CC2)c1O. The van der Waals surface area contributed by atoms with E-state index in [-0.39, 0.29) is 17.9 Å². The molecule has 2 rings (SSSR count). The smallest absolute Gasteiger partial charge is 0.162 e. The average Bonchev–Trinajstić information content (AvgIpc) is 3.11. The number of aliphatic hydroxyl groups excluding tert-OH is 1. The van der Waals surface area contributed by atoms with Gasteiger partial charge in [-0.1, -0.05) is 12.1 Å². The number of para-hydroxylation sites is 1. The van der Waals surface area contributed by atoms with Gasteiger partial charge in [-0.3, -0.25) is 0 Å². The maximum absolute atomic E-state index is 9.98. The number of phenols is 1. The zero-order chi connectivity index (χ0) is 12.3. The Morgan fingerprint density at radius 3 is 2.76 bits per heavy atom. The summed E-state index contributed by atoms with van der Waals surface area (Å²) in [6.07, 6.45) is 1.99. The summed E-state index contributed by atoms with van der Waals surface area (Å²) in [5.74, 6) is 0.705. The van der Waals surface area contributed by atoms with Crippen LogP contribution >= 0.6 is 0 Å². The third-order valence-corrected chi connectivity index (χ3v) is 3.19. The van der Waals surface area contributed by atoms with Crippen LogP contribution in [-0.4, -0.2) is 29.0 Å². The molecular weight excluding hydrogens is 218 g/mol. The van der Waals surface area contributed by atoms with E-state index >= 15 is 0 Å². The lowest BCUT2D eigenvalue weighted by atomic mass is 10.1. The van der Waals surface area contributed by atoms with Crippen molar-refractivity contribution in [3.63, 3.8) is 0 Å². The summed E-state index contributed by atoms with van der Waals surface area (Å²) in [4.78, 5) is 0. The van der Waals surface area contributed by atoms with Gasteiger partial charge in [-0.2, -0.15) is 0 Å². The van der Waals surface area contributed by atoms with Gasteiger partial charge in [-0.05, 0) is 25.8 Å². The Morgan fingerprint density at radius 2 is 2.18 bits per heavy atom. The molecule has 0 aliphatic heterocycles. The summed E-state index contributed by atoms with van der Waals surface area (Å²) in [6.45, 7) is 3.12. The van der Waals surface area contributed by atoms with Gasteiger partial charge < -0.3 is 20.3 Å². The molecule has 1 aromatic carbocycles. The first kappa shape index (κ1) is 12.2. The Kier molecular flexibility index (Phi) is 3.54. The van der Waals surface area contributed by atoms with Crippen LogP contribution in [0.3, 0.4) is 0 Å². The molecule has 1 aliphatic carbocycles. The Hall–Kier alpha value is -1.26. The summed E-state index contributed by atoms with van der Waals surface area (Å²) >= 11 is 0. The van der Waals surface area contributed by atoms with Crippen LogP contribution in [0.4, 0.5) is 0 Å². The van der Waals surface area contributed by atoms with Gasteiger partial charge in [-0.15, -0.1) is 0 Å². The molecule has 1 saturated carbocycles. The topological polar surface area (TPSA) is 61.7 Å². The van der Waals surface area contributed by atoms with E-state index in [2.05, 4.69) is 5.32 Å². The van der Waals surface area contributed by atoms with Crippen molar-refractivity contribution >= 4 is 0 Å². The van der Waals surface area contributed by atoms with Crippen molar-refractivity contribution in [2.24, 2.45) is 0 Å². The van der Waals surface area contributed by atoms with E-state index in [9.17, 15) is 10.2 Å². The first-order valence-electron chi connectivity index (χ1n) is 6.00. The zero-order valence-corrected chi connectivity index (χ0v) is 10.1. The number of ether oxygens (including phenoxy) is 1. The summed E-state index contributed by atoms with van der Waals surface area (Å²) in [5.41, 5.74) is 0.685. The molecule has 0 amide bonds. The number of benzene rings is 1. The molecule has 0 bridgehead atoms. The summed E-state index contributed by atoms with van der Waals surface area (Å²) in [7, 11) is 0. The summed E-state index contributed by atoms with van der Waals surface area (Å²) in [6, 6.07) is 5.47. The third kappa shape index (κ3) is 2.70. The minimum absolute atomic E-state index is 0.117. The van der Waals surface area contributed by atoms with Crippen molar-refractivity contribution in [2.75, 3.05) is 13.2 Å². The highest BCUT2D eigenvalue weighted by atomic mass is 16.5. The van der Waals surface area contributed by atoms with Crippen LogP contribution in [0.2, 0.25) is 0 Å². The number of rotatable bonds is 6. The Bertz CT molecular complexity index is 388. The molecule has 0 atom stereocenters. The van der Waals surface area contributed by atoms with Crippen LogP contribution < -0.4 is 10.1 Å². The highest BCUT2D eigenvalue weighted by molar-refractivity contribution is 5.45. The molecule has 3 N–H and O–H groups in total. The molecule has 0 unspecified atom stereocenters.